The summed E-state index contributed by atoms with van der Waals surface area (Å²) in [5.74, 6) is 1.12. The second kappa shape index (κ2) is 4.41. The Morgan fingerprint density at radius 3 is 2.37 bits per heavy atom. The van der Waals surface area contributed by atoms with Crippen LogP contribution < -0.4 is 0 Å². The van der Waals surface area contributed by atoms with E-state index in [0.717, 1.165) is 11.1 Å². The lowest BCUT2D eigenvalue weighted by atomic mass is 9.96. The minimum Gasteiger partial charge on any atom is -0.507 e. The van der Waals surface area contributed by atoms with E-state index >= 15 is 0 Å². The van der Waals surface area contributed by atoms with Crippen molar-refractivity contribution in [1.29, 1.82) is 0 Å². The molecule has 1 aliphatic rings. The second-order valence-corrected chi connectivity index (χ2v) is 5.81. The maximum absolute atomic E-state index is 9.87. The monoisotopic (exact) mass is 252 g/mol. The molecule has 1 N–H and O–H groups in total. The van der Waals surface area contributed by atoms with Crippen LogP contribution in [-0.4, -0.2) is 5.11 Å². The van der Waals surface area contributed by atoms with Gasteiger partial charge in [-0.2, -0.15) is 0 Å². The molecule has 98 valence electrons. The van der Waals surface area contributed by atoms with E-state index in [1.807, 2.05) is 13.8 Å². The van der Waals surface area contributed by atoms with E-state index in [9.17, 15) is 5.11 Å². The van der Waals surface area contributed by atoms with Crippen molar-refractivity contribution in [3.63, 3.8) is 0 Å². The Balaban J connectivity index is 2.08. The molecule has 0 amide bonds. The molecule has 0 aromatic heterocycles. The van der Waals surface area contributed by atoms with Crippen LogP contribution in [0.4, 0.5) is 0 Å². The Morgan fingerprint density at radius 1 is 1.00 bits per heavy atom. The van der Waals surface area contributed by atoms with Gasteiger partial charge in [-0.3, -0.25) is 0 Å². The molecule has 19 heavy (non-hydrogen) atoms. The molecule has 0 saturated carbocycles. The predicted octanol–water partition coefficient (Wildman–Crippen LogP) is 4.73. The van der Waals surface area contributed by atoms with Crippen LogP contribution >= 0.6 is 0 Å². The Hall–Kier alpha value is -1.76. The number of benzene rings is 2. The number of phenolic OH excluding ortho intramolecular Hbond substituents is 1. The Bertz CT molecular complexity index is 617. The number of aryl methyl sites for hydroxylation is 3. The van der Waals surface area contributed by atoms with Crippen molar-refractivity contribution >= 4 is 0 Å². The molecule has 0 heterocycles. The van der Waals surface area contributed by atoms with E-state index in [2.05, 4.69) is 37.3 Å². The van der Waals surface area contributed by atoms with Crippen LogP contribution in [0.2, 0.25) is 0 Å². The zero-order valence-electron chi connectivity index (χ0n) is 11.8. The van der Waals surface area contributed by atoms with E-state index in [1.165, 1.54) is 35.1 Å². The molecule has 2 aromatic rings. The van der Waals surface area contributed by atoms with Crippen molar-refractivity contribution in [2.45, 2.75) is 39.5 Å². The third-order valence-electron chi connectivity index (χ3n) is 4.34. The van der Waals surface area contributed by atoms with Crippen molar-refractivity contribution in [3.8, 4) is 16.9 Å². The van der Waals surface area contributed by atoms with Gasteiger partial charge in [-0.25, -0.2) is 0 Å². The molecule has 0 spiro atoms. The predicted molar refractivity (Wildman–Crippen MR) is 79.8 cm³/mol. The number of phenols is 1. The summed E-state index contributed by atoms with van der Waals surface area (Å²) >= 11 is 0. The van der Waals surface area contributed by atoms with Crippen LogP contribution in [0.1, 0.15) is 41.5 Å². The van der Waals surface area contributed by atoms with Crippen molar-refractivity contribution in [2.24, 2.45) is 0 Å². The zero-order chi connectivity index (χ0) is 13.6. The third kappa shape index (κ3) is 2.03. The minimum atomic E-state index is 0.415. The highest BCUT2D eigenvalue weighted by Gasteiger charge is 2.18. The van der Waals surface area contributed by atoms with Gasteiger partial charge in [0.25, 0.3) is 0 Å². The molecular formula is C18H20O. The van der Waals surface area contributed by atoms with Crippen molar-refractivity contribution < 1.29 is 5.11 Å². The molecule has 3 rings (SSSR count). The Morgan fingerprint density at radius 2 is 1.68 bits per heavy atom. The fraction of sp³-hybridized carbons (Fsp3) is 0.333. The molecule has 0 bridgehead atoms. The molecule has 0 radical (unpaired) electrons. The van der Waals surface area contributed by atoms with Gasteiger partial charge >= 0.3 is 0 Å². The van der Waals surface area contributed by atoms with Gasteiger partial charge in [-0.05, 0) is 78.1 Å². The zero-order valence-corrected chi connectivity index (χ0v) is 11.8. The van der Waals surface area contributed by atoms with Gasteiger partial charge in [0.2, 0.25) is 0 Å². The average Bonchev–Trinajstić information content (AvgIpc) is 2.76. The molecule has 0 fully saturated rings. The van der Waals surface area contributed by atoms with E-state index in [0.29, 0.717) is 11.7 Å². The maximum atomic E-state index is 9.87. The highest BCUT2D eigenvalue weighted by molar-refractivity contribution is 5.68. The lowest BCUT2D eigenvalue weighted by Crippen LogP contribution is -1.89. The van der Waals surface area contributed by atoms with E-state index < -0.39 is 0 Å². The lowest BCUT2D eigenvalue weighted by molar-refractivity contribution is 0.467. The second-order valence-electron chi connectivity index (χ2n) is 5.81. The van der Waals surface area contributed by atoms with Gasteiger partial charge in [0.05, 0.1) is 0 Å². The van der Waals surface area contributed by atoms with Gasteiger partial charge in [0.1, 0.15) is 5.75 Å². The van der Waals surface area contributed by atoms with Crippen LogP contribution in [0.5, 0.6) is 5.75 Å². The molecule has 2 aromatic carbocycles. The molecule has 0 saturated heterocycles. The summed E-state index contributed by atoms with van der Waals surface area (Å²) in [5, 5.41) is 9.87. The summed E-state index contributed by atoms with van der Waals surface area (Å²) in [6.45, 7) is 6.23. The standard InChI is InChI=1S/C18H20O/c1-11-4-5-15-10-14(6-7-17(11)15)16-8-12(2)18(19)13(3)9-16/h6-11,19H,4-5H2,1-3H3/t11-/m1/s1. The summed E-state index contributed by atoms with van der Waals surface area (Å²) in [5.41, 5.74) is 7.37. The van der Waals surface area contributed by atoms with E-state index in [-0.39, 0.29) is 0 Å². The van der Waals surface area contributed by atoms with Crippen molar-refractivity contribution in [1.82, 2.24) is 0 Å². The van der Waals surface area contributed by atoms with Gasteiger partial charge in [-0.1, -0.05) is 25.1 Å². The van der Waals surface area contributed by atoms with Crippen LogP contribution in [0, 0.1) is 13.8 Å². The van der Waals surface area contributed by atoms with Crippen LogP contribution in [-0.2, 0) is 6.42 Å². The average molecular weight is 252 g/mol. The molecule has 1 aliphatic carbocycles. The first-order valence-electron chi connectivity index (χ1n) is 6.99. The topological polar surface area (TPSA) is 20.2 Å². The maximum Gasteiger partial charge on any atom is 0.121 e. The fourth-order valence-electron chi connectivity index (χ4n) is 3.13. The fourth-order valence-corrected chi connectivity index (χ4v) is 3.13. The normalized spacial score (nSPS) is 17.5. The smallest absolute Gasteiger partial charge is 0.121 e. The van der Waals surface area contributed by atoms with E-state index in [1.54, 1.807) is 0 Å². The lowest BCUT2D eigenvalue weighted by Gasteiger charge is -2.10. The summed E-state index contributed by atoms with van der Waals surface area (Å²) < 4.78 is 0. The number of rotatable bonds is 1. The van der Waals surface area contributed by atoms with Crippen LogP contribution in [0.25, 0.3) is 11.1 Å². The van der Waals surface area contributed by atoms with Crippen molar-refractivity contribution in [3.05, 3.63) is 52.6 Å². The molecular weight excluding hydrogens is 232 g/mol. The number of fused-ring (bicyclic) bond motifs is 1. The summed E-state index contributed by atoms with van der Waals surface area (Å²) in [6, 6.07) is 11.0. The van der Waals surface area contributed by atoms with Crippen LogP contribution in [0.15, 0.2) is 30.3 Å². The Kier molecular flexibility index (Phi) is 2.85. The van der Waals surface area contributed by atoms with Gasteiger partial charge < -0.3 is 5.11 Å². The first-order chi connectivity index (χ1) is 9.06. The number of aromatic hydroxyl groups is 1. The largest absolute Gasteiger partial charge is 0.507 e. The van der Waals surface area contributed by atoms with Gasteiger partial charge in [-0.15, -0.1) is 0 Å². The number of hydrogen-bond acceptors (Lipinski definition) is 1. The van der Waals surface area contributed by atoms with Crippen molar-refractivity contribution in [2.75, 3.05) is 0 Å². The van der Waals surface area contributed by atoms with Crippen LogP contribution in [0.3, 0.4) is 0 Å². The quantitative estimate of drug-likeness (QED) is 0.778. The molecule has 0 unspecified atom stereocenters. The number of hydrogen-bond donors (Lipinski definition) is 1. The Labute approximate surface area is 114 Å². The molecule has 1 heteroatoms. The SMILES string of the molecule is Cc1cc(-c2ccc3c(c2)CC[C@H]3C)cc(C)c1O. The molecule has 0 aliphatic heterocycles. The summed E-state index contributed by atoms with van der Waals surface area (Å²) in [7, 11) is 0. The molecule has 1 nitrogen and oxygen atoms in total. The summed E-state index contributed by atoms with van der Waals surface area (Å²) in [6.07, 6.45) is 2.47. The third-order valence-corrected chi connectivity index (χ3v) is 4.34. The summed E-state index contributed by atoms with van der Waals surface area (Å²) in [4.78, 5) is 0. The molecule has 1 atom stereocenters. The van der Waals surface area contributed by atoms with E-state index in [4.69, 9.17) is 0 Å². The minimum absolute atomic E-state index is 0.415. The first-order valence-corrected chi connectivity index (χ1v) is 6.99. The van der Waals surface area contributed by atoms with Gasteiger partial charge in [0.15, 0.2) is 0 Å². The highest BCUT2D eigenvalue weighted by Crippen LogP contribution is 2.36. The van der Waals surface area contributed by atoms with Gasteiger partial charge in [0, 0.05) is 0 Å². The highest BCUT2D eigenvalue weighted by atomic mass is 16.3. The first kappa shape index (κ1) is 12.3.